The summed E-state index contributed by atoms with van der Waals surface area (Å²) in [7, 11) is 0. The van der Waals surface area contributed by atoms with Crippen molar-refractivity contribution in [3.63, 3.8) is 0 Å². The Hall–Kier alpha value is -2.50. The van der Waals surface area contributed by atoms with Crippen LogP contribution in [0.5, 0.6) is 0 Å². The highest BCUT2D eigenvalue weighted by Crippen LogP contribution is 2.47. The van der Waals surface area contributed by atoms with Gasteiger partial charge in [-0.1, -0.05) is 53.7 Å². The molecule has 0 saturated heterocycles. The van der Waals surface area contributed by atoms with E-state index in [-0.39, 0.29) is 23.6 Å². The van der Waals surface area contributed by atoms with Gasteiger partial charge in [-0.15, -0.1) is 0 Å². The Morgan fingerprint density at radius 2 is 1.61 bits per heavy atom. The average molecular weight is 414 g/mol. The van der Waals surface area contributed by atoms with Gasteiger partial charge in [-0.3, -0.25) is 4.79 Å². The van der Waals surface area contributed by atoms with E-state index in [1.807, 2.05) is 36.4 Å². The summed E-state index contributed by atoms with van der Waals surface area (Å²) in [6, 6.07) is 20.6. The first-order valence-electron chi connectivity index (χ1n) is 8.85. The van der Waals surface area contributed by atoms with Gasteiger partial charge in [0.25, 0.3) is 0 Å². The molecule has 0 fully saturated rings. The number of rotatable bonds is 5. The molecule has 6 heteroatoms. The second kappa shape index (κ2) is 8.25. The number of anilines is 2. The van der Waals surface area contributed by atoms with E-state index >= 15 is 0 Å². The molecule has 0 aliphatic carbocycles. The molecule has 0 atom stereocenters. The first-order valence-corrected chi connectivity index (χ1v) is 10.0. The minimum absolute atomic E-state index is 0.173. The van der Waals surface area contributed by atoms with Gasteiger partial charge >= 0.3 is 5.97 Å². The van der Waals surface area contributed by atoms with Crippen molar-refractivity contribution in [3.8, 4) is 0 Å². The van der Waals surface area contributed by atoms with Crippen molar-refractivity contribution < 1.29 is 13.9 Å². The quantitative estimate of drug-likeness (QED) is 0.465. The van der Waals surface area contributed by atoms with Gasteiger partial charge in [0.2, 0.25) is 0 Å². The van der Waals surface area contributed by atoms with Crippen molar-refractivity contribution in [2.24, 2.45) is 0 Å². The fourth-order valence-electron chi connectivity index (χ4n) is 3.12. The number of fused-ring (bicyclic) bond motifs is 2. The van der Waals surface area contributed by atoms with E-state index < -0.39 is 11.8 Å². The molecule has 0 radical (unpaired) electrons. The molecular formula is C22H17ClFNO2S. The van der Waals surface area contributed by atoms with Crippen LogP contribution < -0.4 is 4.90 Å². The van der Waals surface area contributed by atoms with Gasteiger partial charge in [0.15, 0.2) is 0 Å². The highest BCUT2D eigenvalue weighted by atomic mass is 35.5. The highest BCUT2D eigenvalue weighted by Gasteiger charge is 2.23. The van der Waals surface area contributed by atoms with E-state index in [9.17, 15) is 9.18 Å². The number of benzene rings is 3. The number of nitrogens with zero attached hydrogens (tertiary/aromatic N) is 1. The Balaban J connectivity index is 1.46. The van der Waals surface area contributed by atoms with E-state index in [0.29, 0.717) is 6.54 Å². The monoisotopic (exact) mass is 413 g/mol. The van der Waals surface area contributed by atoms with Crippen molar-refractivity contribution in [1.29, 1.82) is 0 Å². The van der Waals surface area contributed by atoms with Gasteiger partial charge < -0.3 is 9.64 Å². The van der Waals surface area contributed by atoms with Gasteiger partial charge in [0.05, 0.1) is 22.8 Å². The predicted molar refractivity (Wildman–Crippen MR) is 110 cm³/mol. The van der Waals surface area contributed by atoms with E-state index in [2.05, 4.69) is 17.0 Å². The molecule has 0 aromatic heterocycles. The second-order valence-corrected chi connectivity index (χ2v) is 7.79. The standard InChI is InChI=1S/C22H17ClFNO2S/c23-16-6-5-7-17(24)15(16)14-27-22(26)12-13-25-18-8-1-3-10-20(18)28-21-11-4-2-9-19(21)25/h1-11H,12-14H2. The van der Waals surface area contributed by atoms with Crippen LogP contribution >= 0.6 is 23.4 Å². The van der Waals surface area contributed by atoms with Gasteiger partial charge in [0.1, 0.15) is 12.4 Å². The second-order valence-electron chi connectivity index (χ2n) is 6.30. The molecule has 0 amide bonds. The molecule has 1 heterocycles. The van der Waals surface area contributed by atoms with Crippen LogP contribution in [0.2, 0.25) is 5.02 Å². The number of para-hydroxylation sites is 2. The van der Waals surface area contributed by atoms with Crippen LogP contribution in [0.15, 0.2) is 76.5 Å². The largest absolute Gasteiger partial charge is 0.461 e. The lowest BCUT2D eigenvalue weighted by molar-refractivity contribution is -0.144. The number of esters is 1. The number of carbonyl (C=O) groups is 1. The van der Waals surface area contributed by atoms with Crippen molar-refractivity contribution in [2.75, 3.05) is 11.4 Å². The minimum Gasteiger partial charge on any atom is -0.461 e. The third-order valence-corrected chi connectivity index (χ3v) is 6.00. The van der Waals surface area contributed by atoms with Gasteiger partial charge in [-0.25, -0.2) is 4.39 Å². The van der Waals surface area contributed by atoms with Crippen LogP contribution in [0.4, 0.5) is 15.8 Å². The summed E-state index contributed by atoms with van der Waals surface area (Å²) >= 11 is 7.70. The zero-order valence-electron chi connectivity index (χ0n) is 14.9. The maximum Gasteiger partial charge on any atom is 0.307 e. The Morgan fingerprint density at radius 3 is 2.25 bits per heavy atom. The van der Waals surface area contributed by atoms with Gasteiger partial charge in [-0.2, -0.15) is 0 Å². The third-order valence-electron chi connectivity index (χ3n) is 4.51. The lowest BCUT2D eigenvalue weighted by Crippen LogP contribution is -2.24. The first-order chi connectivity index (χ1) is 13.6. The SMILES string of the molecule is O=C(CCN1c2ccccc2Sc2ccccc21)OCc1c(F)cccc1Cl. The molecule has 1 aliphatic heterocycles. The molecule has 0 saturated carbocycles. The third kappa shape index (κ3) is 3.86. The molecule has 3 aromatic carbocycles. The Morgan fingerprint density at radius 1 is 0.964 bits per heavy atom. The Bertz CT molecular complexity index is 961. The Kier molecular flexibility index (Phi) is 5.55. The highest BCUT2D eigenvalue weighted by molar-refractivity contribution is 7.99. The molecule has 0 N–H and O–H groups in total. The number of hydrogen-bond donors (Lipinski definition) is 0. The summed E-state index contributed by atoms with van der Waals surface area (Å²) in [5.74, 6) is -0.872. The molecule has 3 nitrogen and oxygen atoms in total. The lowest BCUT2D eigenvalue weighted by atomic mass is 10.2. The molecule has 0 unspecified atom stereocenters. The number of hydrogen-bond acceptors (Lipinski definition) is 4. The normalized spacial score (nSPS) is 12.3. The molecule has 142 valence electrons. The number of carbonyl (C=O) groups excluding carboxylic acids is 1. The van der Waals surface area contributed by atoms with E-state index in [4.69, 9.17) is 16.3 Å². The Labute approximate surface area is 172 Å². The summed E-state index contributed by atoms with van der Waals surface area (Å²) in [5, 5.41) is 0.253. The molecule has 1 aliphatic rings. The van der Waals surface area contributed by atoms with Crippen molar-refractivity contribution >= 4 is 40.7 Å². The number of halogens is 2. The van der Waals surface area contributed by atoms with Crippen LogP contribution in [0.3, 0.4) is 0 Å². The van der Waals surface area contributed by atoms with Crippen molar-refractivity contribution in [3.05, 3.63) is 83.1 Å². The zero-order chi connectivity index (χ0) is 19.5. The van der Waals surface area contributed by atoms with Crippen LogP contribution in [0.25, 0.3) is 0 Å². The average Bonchev–Trinajstić information content (AvgIpc) is 2.70. The van der Waals surface area contributed by atoms with Crippen LogP contribution in [-0.2, 0) is 16.1 Å². The van der Waals surface area contributed by atoms with Crippen LogP contribution in [-0.4, -0.2) is 12.5 Å². The van der Waals surface area contributed by atoms with E-state index in [1.165, 1.54) is 12.1 Å². The summed E-state index contributed by atoms with van der Waals surface area (Å²) in [6.07, 6.45) is 0.180. The summed E-state index contributed by atoms with van der Waals surface area (Å²) in [6.45, 7) is 0.297. The zero-order valence-corrected chi connectivity index (χ0v) is 16.5. The van der Waals surface area contributed by atoms with Crippen LogP contribution in [0, 0.1) is 5.82 Å². The molecule has 28 heavy (non-hydrogen) atoms. The fraction of sp³-hybridized carbons (Fsp3) is 0.136. The first kappa shape index (κ1) is 18.8. The van der Waals surface area contributed by atoms with Gasteiger partial charge in [-0.05, 0) is 36.4 Å². The van der Waals surface area contributed by atoms with Crippen molar-refractivity contribution in [2.45, 2.75) is 22.8 Å². The topological polar surface area (TPSA) is 29.5 Å². The van der Waals surface area contributed by atoms with Crippen molar-refractivity contribution in [1.82, 2.24) is 0 Å². The molecule has 3 aromatic rings. The molecule has 4 rings (SSSR count). The van der Waals surface area contributed by atoms with Crippen LogP contribution in [0.1, 0.15) is 12.0 Å². The molecular weight excluding hydrogens is 397 g/mol. The molecule has 0 spiro atoms. The summed E-state index contributed by atoms with van der Waals surface area (Å²) < 4.78 is 19.1. The van der Waals surface area contributed by atoms with E-state index in [0.717, 1.165) is 21.2 Å². The van der Waals surface area contributed by atoms with Gasteiger partial charge in [0, 0.05) is 21.9 Å². The maximum absolute atomic E-state index is 13.8. The maximum atomic E-state index is 13.8. The fourth-order valence-corrected chi connectivity index (χ4v) is 4.43. The van der Waals surface area contributed by atoms with E-state index in [1.54, 1.807) is 17.8 Å². The predicted octanol–water partition coefficient (Wildman–Crippen LogP) is 6.22. The number of ether oxygens (including phenoxy) is 1. The lowest BCUT2D eigenvalue weighted by Gasteiger charge is -2.32. The smallest absolute Gasteiger partial charge is 0.307 e. The summed E-state index contributed by atoms with van der Waals surface area (Å²) in [5.41, 5.74) is 2.33. The summed E-state index contributed by atoms with van der Waals surface area (Å²) in [4.78, 5) is 16.7. The minimum atomic E-state index is -0.476. The molecule has 0 bridgehead atoms.